The third kappa shape index (κ3) is 3.68. The molecule has 0 spiro atoms. The van der Waals surface area contributed by atoms with Crippen LogP contribution in [0.25, 0.3) is 0 Å². The van der Waals surface area contributed by atoms with E-state index in [0.29, 0.717) is 0 Å². The smallest absolute Gasteiger partial charge is 0.308 e. The Morgan fingerprint density at radius 2 is 1.95 bits per heavy atom. The SMILES string of the molecule is COC(=O)[C@H](C)[C@H]1[C@H](C)[C@H](OC)O[C@H]1CCc1ccccc1. The fourth-order valence-electron chi connectivity index (χ4n) is 3.51. The molecule has 0 aromatic heterocycles. The van der Waals surface area contributed by atoms with Gasteiger partial charge in [0.1, 0.15) is 0 Å². The first-order valence-corrected chi connectivity index (χ1v) is 7.88. The van der Waals surface area contributed by atoms with E-state index in [1.807, 2.05) is 25.1 Å². The van der Waals surface area contributed by atoms with Crippen molar-refractivity contribution >= 4 is 5.97 Å². The van der Waals surface area contributed by atoms with Gasteiger partial charge >= 0.3 is 5.97 Å². The second-order valence-corrected chi connectivity index (χ2v) is 6.05. The summed E-state index contributed by atoms with van der Waals surface area (Å²) in [6.07, 6.45) is 1.56. The topological polar surface area (TPSA) is 44.8 Å². The molecule has 1 heterocycles. The van der Waals surface area contributed by atoms with Gasteiger partial charge in [0, 0.05) is 18.9 Å². The molecule has 1 aromatic carbocycles. The van der Waals surface area contributed by atoms with Crippen molar-refractivity contribution in [3.05, 3.63) is 35.9 Å². The number of carbonyl (C=O) groups excluding carboxylic acids is 1. The average Bonchev–Trinajstić information content (AvgIpc) is 2.88. The van der Waals surface area contributed by atoms with Crippen molar-refractivity contribution in [1.29, 1.82) is 0 Å². The van der Waals surface area contributed by atoms with E-state index in [9.17, 15) is 4.79 Å². The minimum Gasteiger partial charge on any atom is -0.469 e. The second kappa shape index (κ2) is 7.75. The highest BCUT2D eigenvalue weighted by Gasteiger charge is 2.46. The highest BCUT2D eigenvalue weighted by molar-refractivity contribution is 5.72. The van der Waals surface area contributed by atoms with Crippen LogP contribution in [0.15, 0.2) is 30.3 Å². The molecule has 0 radical (unpaired) electrons. The molecule has 1 saturated heterocycles. The first-order chi connectivity index (χ1) is 10.6. The summed E-state index contributed by atoms with van der Waals surface area (Å²) in [5.41, 5.74) is 1.28. The van der Waals surface area contributed by atoms with Gasteiger partial charge in [-0.2, -0.15) is 0 Å². The molecule has 122 valence electrons. The summed E-state index contributed by atoms with van der Waals surface area (Å²) in [7, 11) is 3.09. The molecule has 1 aromatic rings. The van der Waals surface area contributed by atoms with Gasteiger partial charge in [0.25, 0.3) is 0 Å². The zero-order valence-electron chi connectivity index (χ0n) is 13.8. The standard InChI is InChI=1S/C18H26O4/c1-12(17(19)20-3)16-13(2)18(21-4)22-15(16)11-10-14-8-6-5-7-9-14/h5-9,12-13,15-16,18H,10-11H2,1-4H3/t12-,13+,15+,16+,18-/m1/s1. The van der Waals surface area contributed by atoms with Crippen LogP contribution in [0.4, 0.5) is 0 Å². The van der Waals surface area contributed by atoms with Gasteiger partial charge in [-0.3, -0.25) is 4.79 Å². The molecule has 0 unspecified atom stereocenters. The number of hydrogen-bond donors (Lipinski definition) is 0. The van der Waals surface area contributed by atoms with Crippen molar-refractivity contribution in [2.75, 3.05) is 14.2 Å². The average molecular weight is 306 g/mol. The summed E-state index contributed by atoms with van der Waals surface area (Å²) in [5.74, 6) is -0.0937. The Morgan fingerprint density at radius 3 is 2.55 bits per heavy atom. The summed E-state index contributed by atoms with van der Waals surface area (Å²) in [4.78, 5) is 11.9. The van der Waals surface area contributed by atoms with E-state index in [1.165, 1.54) is 12.7 Å². The highest BCUT2D eigenvalue weighted by atomic mass is 16.7. The van der Waals surface area contributed by atoms with E-state index in [4.69, 9.17) is 14.2 Å². The van der Waals surface area contributed by atoms with E-state index < -0.39 is 0 Å². The van der Waals surface area contributed by atoms with E-state index in [-0.39, 0.29) is 36.1 Å². The van der Waals surface area contributed by atoms with E-state index in [0.717, 1.165) is 12.8 Å². The molecule has 4 heteroatoms. The van der Waals surface area contributed by atoms with E-state index >= 15 is 0 Å². The van der Waals surface area contributed by atoms with Gasteiger partial charge in [0.2, 0.25) is 0 Å². The lowest BCUT2D eigenvalue weighted by atomic mass is 9.79. The molecule has 4 nitrogen and oxygen atoms in total. The Morgan fingerprint density at radius 1 is 1.27 bits per heavy atom. The maximum Gasteiger partial charge on any atom is 0.308 e. The number of carbonyl (C=O) groups is 1. The molecule has 1 aliphatic heterocycles. The van der Waals surface area contributed by atoms with Crippen LogP contribution >= 0.6 is 0 Å². The van der Waals surface area contributed by atoms with Crippen LogP contribution in [0, 0.1) is 17.8 Å². The Labute approximate surface area is 132 Å². The van der Waals surface area contributed by atoms with E-state index in [1.54, 1.807) is 7.11 Å². The summed E-state index contributed by atoms with van der Waals surface area (Å²) in [6, 6.07) is 10.3. The highest BCUT2D eigenvalue weighted by Crippen LogP contribution is 2.40. The van der Waals surface area contributed by atoms with Crippen LogP contribution in [-0.2, 0) is 25.4 Å². The van der Waals surface area contributed by atoms with Gasteiger partial charge in [-0.05, 0) is 18.4 Å². The van der Waals surface area contributed by atoms with Gasteiger partial charge in [-0.15, -0.1) is 0 Å². The molecule has 0 amide bonds. The van der Waals surface area contributed by atoms with Crippen LogP contribution in [0.3, 0.4) is 0 Å². The first kappa shape index (κ1) is 17.0. The third-order valence-electron chi connectivity index (χ3n) is 4.72. The number of benzene rings is 1. The minimum absolute atomic E-state index is 0.00857. The van der Waals surface area contributed by atoms with Gasteiger partial charge in [-0.1, -0.05) is 44.2 Å². The van der Waals surface area contributed by atoms with Crippen molar-refractivity contribution in [1.82, 2.24) is 0 Å². The van der Waals surface area contributed by atoms with Crippen molar-refractivity contribution in [2.24, 2.45) is 17.8 Å². The van der Waals surface area contributed by atoms with Crippen LogP contribution in [0.2, 0.25) is 0 Å². The zero-order valence-corrected chi connectivity index (χ0v) is 13.8. The van der Waals surface area contributed by atoms with Crippen molar-refractivity contribution in [3.63, 3.8) is 0 Å². The Hall–Kier alpha value is -1.39. The Bertz CT molecular complexity index is 473. The van der Waals surface area contributed by atoms with Gasteiger partial charge in [-0.25, -0.2) is 0 Å². The first-order valence-electron chi connectivity index (χ1n) is 7.88. The lowest BCUT2D eigenvalue weighted by Gasteiger charge is -2.25. The molecule has 5 atom stereocenters. The van der Waals surface area contributed by atoms with Crippen LogP contribution in [0.5, 0.6) is 0 Å². The second-order valence-electron chi connectivity index (χ2n) is 6.05. The number of ether oxygens (including phenoxy) is 3. The fraction of sp³-hybridized carbons (Fsp3) is 0.611. The molecule has 1 fully saturated rings. The zero-order chi connectivity index (χ0) is 16.1. The molecule has 0 aliphatic carbocycles. The maximum absolute atomic E-state index is 11.9. The lowest BCUT2D eigenvalue weighted by molar-refractivity contribution is -0.148. The molecule has 1 aliphatic rings. The third-order valence-corrected chi connectivity index (χ3v) is 4.72. The monoisotopic (exact) mass is 306 g/mol. The molecule has 22 heavy (non-hydrogen) atoms. The maximum atomic E-state index is 11.9. The molecule has 0 bridgehead atoms. The predicted molar refractivity (Wildman–Crippen MR) is 84.3 cm³/mol. The Balaban J connectivity index is 2.07. The molecular formula is C18H26O4. The molecular weight excluding hydrogens is 280 g/mol. The summed E-state index contributed by atoms with van der Waals surface area (Å²) >= 11 is 0. The van der Waals surface area contributed by atoms with Gasteiger partial charge < -0.3 is 14.2 Å². The van der Waals surface area contributed by atoms with Crippen molar-refractivity contribution in [2.45, 2.75) is 39.1 Å². The normalized spacial score (nSPS) is 29.3. The van der Waals surface area contributed by atoms with Gasteiger partial charge in [0.05, 0.1) is 19.1 Å². The molecule has 0 N–H and O–H groups in total. The van der Waals surface area contributed by atoms with Crippen LogP contribution in [-0.4, -0.2) is 32.6 Å². The number of aryl methyl sites for hydroxylation is 1. The summed E-state index contributed by atoms with van der Waals surface area (Å²) in [6.45, 7) is 4.00. The lowest BCUT2D eigenvalue weighted by Crippen LogP contribution is -2.32. The van der Waals surface area contributed by atoms with Crippen LogP contribution in [0.1, 0.15) is 25.8 Å². The van der Waals surface area contributed by atoms with Crippen LogP contribution < -0.4 is 0 Å². The molecule has 2 rings (SSSR count). The van der Waals surface area contributed by atoms with Crippen molar-refractivity contribution in [3.8, 4) is 0 Å². The number of hydrogen-bond acceptors (Lipinski definition) is 4. The molecule has 0 saturated carbocycles. The summed E-state index contributed by atoms with van der Waals surface area (Å²) in [5, 5.41) is 0. The number of rotatable bonds is 6. The predicted octanol–water partition coefficient (Wildman–Crippen LogP) is 3.05. The number of esters is 1. The quantitative estimate of drug-likeness (QED) is 0.758. The summed E-state index contributed by atoms with van der Waals surface area (Å²) < 4.78 is 16.4. The Kier molecular flexibility index (Phi) is 5.98. The van der Waals surface area contributed by atoms with E-state index in [2.05, 4.69) is 19.1 Å². The van der Waals surface area contributed by atoms with Gasteiger partial charge in [0.15, 0.2) is 6.29 Å². The van der Waals surface area contributed by atoms with Crippen molar-refractivity contribution < 1.29 is 19.0 Å². The number of methoxy groups -OCH3 is 2. The fourth-order valence-corrected chi connectivity index (χ4v) is 3.51. The minimum atomic E-state index is -0.252. The largest absolute Gasteiger partial charge is 0.469 e.